The third-order valence-electron chi connectivity index (χ3n) is 3.51. The number of nitrogens with one attached hydrogen (secondary N) is 2. The Bertz CT molecular complexity index is 867. The van der Waals surface area contributed by atoms with Crippen molar-refractivity contribution < 1.29 is 9.53 Å². The highest BCUT2D eigenvalue weighted by Gasteiger charge is 2.11. The highest BCUT2D eigenvalue weighted by molar-refractivity contribution is 7.13. The largest absolute Gasteiger partial charge is 0.494 e. The van der Waals surface area contributed by atoms with Crippen molar-refractivity contribution in [3.05, 3.63) is 59.1 Å². The van der Waals surface area contributed by atoms with Crippen molar-refractivity contribution in [2.45, 2.75) is 13.8 Å². The van der Waals surface area contributed by atoms with Crippen molar-refractivity contribution in [3.8, 4) is 16.3 Å². The number of aromatic nitrogens is 2. The van der Waals surface area contributed by atoms with E-state index < -0.39 is 0 Å². The maximum Gasteiger partial charge on any atom is 0.291 e. The van der Waals surface area contributed by atoms with Crippen molar-refractivity contribution >= 4 is 23.0 Å². The number of thiophene rings is 1. The van der Waals surface area contributed by atoms with E-state index in [2.05, 4.69) is 20.7 Å². The molecule has 2 N–H and O–H groups in total. The van der Waals surface area contributed by atoms with Gasteiger partial charge in [-0.3, -0.25) is 9.89 Å². The first kappa shape index (κ1) is 16.9. The second-order valence-corrected chi connectivity index (χ2v) is 6.19. The summed E-state index contributed by atoms with van der Waals surface area (Å²) in [6.45, 7) is 4.40. The first-order chi connectivity index (χ1) is 12.2. The zero-order chi connectivity index (χ0) is 17.6. The van der Waals surface area contributed by atoms with E-state index in [1.807, 2.05) is 55.6 Å². The average molecular weight is 354 g/mol. The number of aromatic amines is 1. The Morgan fingerprint density at radius 3 is 2.80 bits per heavy atom. The summed E-state index contributed by atoms with van der Waals surface area (Å²) in [5, 5.41) is 13.0. The van der Waals surface area contributed by atoms with Crippen LogP contribution in [0.2, 0.25) is 0 Å². The zero-order valence-electron chi connectivity index (χ0n) is 13.9. The number of carbonyl (C=O) groups excluding carboxylic acids is 1. The maximum atomic E-state index is 12.2. The van der Waals surface area contributed by atoms with E-state index in [0.717, 1.165) is 21.9 Å². The van der Waals surface area contributed by atoms with E-state index in [0.29, 0.717) is 18.0 Å². The standard InChI is InChI=1S/C18H18N4O2S/c1-3-24-14-8-6-13(7-9-14)12(2)19-22-18(23)16-11-15(20-21-16)17-5-4-10-25-17/h4-11H,3H2,1-2H3,(H,20,21)(H,22,23). The molecule has 1 amide bonds. The smallest absolute Gasteiger partial charge is 0.291 e. The lowest BCUT2D eigenvalue weighted by atomic mass is 10.1. The second kappa shape index (κ2) is 7.76. The van der Waals surface area contributed by atoms with Crippen LogP contribution in [0.3, 0.4) is 0 Å². The summed E-state index contributed by atoms with van der Waals surface area (Å²) in [6.07, 6.45) is 0. The Morgan fingerprint density at radius 1 is 1.32 bits per heavy atom. The quantitative estimate of drug-likeness (QED) is 0.523. The van der Waals surface area contributed by atoms with Crippen molar-refractivity contribution in [2.24, 2.45) is 5.10 Å². The number of ether oxygens (including phenoxy) is 1. The van der Waals surface area contributed by atoms with Crippen molar-refractivity contribution in [2.75, 3.05) is 6.61 Å². The first-order valence-corrected chi connectivity index (χ1v) is 8.72. The lowest BCUT2D eigenvalue weighted by molar-refractivity contribution is 0.0950. The van der Waals surface area contributed by atoms with Crippen molar-refractivity contribution in [3.63, 3.8) is 0 Å². The summed E-state index contributed by atoms with van der Waals surface area (Å²) in [5.41, 5.74) is 5.25. The van der Waals surface area contributed by atoms with Crippen LogP contribution in [0.15, 0.2) is 52.9 Å². The Morgan fingerprint density at radius 2 is 2.12 bits per heavy atom. The van der Waals surface area contributed by atoms with Gasteiger partial charge in [0.15, 0.2) is 5.69 Å². The Balaban J connectivity index is 1.65. The third kappa shape index (κ3) is 4.13. The molecule has 3 rings (SSSR count). The Kier molecular flexibility index (Phi) is 5.25. The molecule has 0 bridgehead atoms. The van der Waals surface area contributed by atoms with Gasteiger partial charge in [-0.25, -0.2) is 5.43 Å². The molecule has 0 fully saturated rings. The zero-order valence-corrected chi connectivity index (χ0v) is 14.8. The van der Waals surface area contributed by atoms with Crippen LogP contribution in [-0.2, 0) is 0 Å². The van der Waals surface area contributed by atoms with Gasteiger partial charge in [-0.1, -0.05) is 6.07 Å². The second-order valence-electron chi connectivity index (χ2n) is 5.24. The van der Waals surface area contributed by atoms with Gasteiger partial charge in [0.1, 0.15) is 5.75 Å². The van der Waals surface area contributed by atoms with Gasteiger partial charge in [0.25, 0.3) is 5.91 Å². The van der Waals surface area contributed by atoms with Gasteiger partial charge in [-0.15, -0.1) is 11.3 Å². The Labute approximate surface area is 149 Å². The predicted octanol–water partition coefficient (Wildman–Crippen LogP) is 3.69. The molecule has 2 heterocycles. The summed E-state index contributed by atoms with van der Waals surface area (Å²) in [7, 11) is 0. The third-order valence-corrected chi connectivity index (χ3v) is 4.41. The van der Waals surface area contributed by atoms with Gasteiger partial charge >= 0.3 is 0 Å². The predicted molar refractivity (Wildman–Crippen MR) is 99.2 cm³/mol. The van der Waals surface area contributed by atoms with Crippen LogP contribution in [0.25, 0.3) is 10.6 Å². The summed E-state index contributed by atoms with van der Waals surface area (Å²) < 4.78 is 5.41. The summed E-state index contributed by atoms with van der Waals surface area (Å²) in [4.78, 5) is 13.2. The van der Waals surface area contributed by atoms with Crippen LogP contribution in [-0.4, -0.2) is 28.4 Å². The van der Waals surface area contributed by atoms with Crippen LogP contribution in [0.1, 0.15) is 29.9 Å². The molecule has 0 atom stereocenters. The minimum Gasteiger partial charge on any atom is -0.494 e. The molecule has 0 saturated carbocycles. The molecular weight excluding hydrogens is 336 g/mol. The number of amides is 1. The topological polar surface area (TPSA) is 79.4 Å². The summed E-state index contributed by atoms with van der Waals surface area (Å²) in [5.74, 6) is 0.449. The normalized spacial score (nSPS) is 11.4. The minimum absolute atomic E-state index is 0.298. The SMILES string of the molecule is CCOc1ccc(C(C)=NNC(=O)c2cc(-c3cccs3)[nH]n2)cc1. The lowest BCUT2D eigenvalue weighted by Crippen LogP contribution is -2.19. The van der Waals surface area contributed by atoms with Crippen LogP contribution in [0.5, 0.6) is 5.75 Å². The number of hydrazone groups is 1. The molecule has 1 aromatic carbocycles. The number of nitrogens with zero attached hydrogens (tertiary/aromatic N) is 2. The molecule has 2 aromatic heterocycles. The number of carbonyl (C=O) groups is 1. The number of H-pyrrole nitrogens is 1. The van der Waals surface area contributed by atoms with E-state index in [-0.39, 0.29) is 5.91 Å². The number of rotatable bonds is 6. The van der Waals surface area contributed by atoms with Crippen LogP contribution >= 0.6 is 11.3 Å². The van der Waals surface area contributed by atoms with Gasteiger partial charge in [0.05, 0.1) is 22.9 Å². The molecule has 0 aliphatic carbocycles. The van der Waals surface area contributed by atoms with E-state index in [4.69, 9.17) is 4.74 Å². The number of benzene rings is 1. The Hall–Kier alpha value is -2.93. The van der Waals surface area contributed by atoms with Gasteiger partial charge < -0.3 is 4.74 Å². The van der Waals surface area contributed by atoms with Gasteiger partial charge in [-0.2, -0.15) is 10.2 Å². The van der Waals surface area contributed by atoms with Gasteiger partial charge in [0.2, 0.25) is 0 Å². The molecule has 0 aliphatic rings. The molecule has 6 nitrogen and oxygen atoms in total. The molecule has 7 heteroatoms. The lowest BCUT2D eigenvalue weighted by Gasteiger charge is -2.05. The van der Waals surface area contributed by atoms with Crippen molar-refractivity contribution in [1.29, 1.82) is 0 Å². The van der Waals surface area contributed by atoms with Crippen molar-refractivity contribution in [1.82, 2.24) is 15.6 Å². The van der Waals surface area contributed by atoms with E-state index in [9.17, 15) is 4.79 Å². The van der Waals surface area contributed by atoms with Gasteiger partial charge in [0, 0.05) is 0 Å². The first-order valence-electron chi connectivity index (χ1n) is 7.84. The van der Waals surface area contributed by atoms with E-state index in [1.54, 1.807) is 17.4 Å². The molecule has 128 valence electrons. The monoisotopic (exact) mass is 354 g/mol. The highest BCUT2D eigenvalue weighted by Crippen LogP contribution is 2.22. The summed E-state index contributed by atoms with van der Waals surface area (Å²) in [6, 6.07) is 13.2. The van der Waals surface area contributed by atoms with E-state index >= 15 is 0 Å². The minimum atomic E-state index is -0.357. The molecule has 0 spiro atoms. The van der Waals surface area contributed by atoms with Crippen LogP contribution in [0.4, 0.5) is 0 Å². The fourth-order valence-electron chi connectivity index (χ4n) is 2.21. The summed E-state index contributed by atoms with van der Waals surface area (Å²) >= 11 is 1.58. The van der Waals surface area contributed by atoms with Crippen LogP contribution < -0.4 is 10.2 Å². The fraction of sp³-hybridized carbons (Fsp3) is 0.167. The fourth-order valence-corrected chi connectivity index (χ4v) is 2.90. The molecule has 0 radical (unpaired) electrons. The molecule has 25 heavy (non-hydrogen) atoms. The molecule has 3 aromatic rings. The van der Waals surface area contributed by atoms with Gasteiger partial charge in [-0.05, 0) is 61.2 Å². The highest BCUT2D eigenvalue weighted by atomic mass is 32.1. The molecule has 0 unspecified atom stereocenters. The number of hydrogen-bond donors (Lipinski definition) is 2. The number of hydrogen-bond acceptors (Lipinski definition) is 5. The average Bonchev–Trinajstić information content (AvgIpc) is 3.31. The molecule has 0 saturated heterocycles. The molecular formula is C18H18N4O2S. The molecule has 0 aliphatic heterocycles. The van der Waals surface area contributed by atoms with Crippen LogP contribution in [0, 0.1) is 0 Å². The van der Waals surface area contributed by atoms with E-state index in [1.165, 1.54) is 0 Å². The maximum absolute atomic E-state index is 12.2.